The zero-order chi connectivity index (χ0) is 36.6. The third kappa shape index (κ3) is 5.93. The van der Waals surface area contributed by atoms with Crippen LogP contribution in [0.3, 0.4) is 0 Å². The first-order valence-electron chi connectivity index (χ1n) is 18.9. The molecule has 0 amide bonds. The maximum atomic E-state index is 2.48. The Balaban J connectivity index is 1.26. The van der Waals surface area contributed by atoms with Gasteiger partial charge in [0.25, 0.3) is 0 Å². The lowest BCUT2D eigenvalue weighted by Crippen LogP contribution is -2.13. The van der Waals surface area contributed by atoms with Crippen LogP contribution in [0.4, 0.5) is 17.1 Å². The zero-order valence-electron chi connectivity index (χ0n) is 30.3. The number of rotatable bonds is 7. The Bertz CT molecular complexity index is 2980. The number of para-hydroxylation sites is 1. The van der Waals surface area contributed by atoms with Gasteiger partial charge in [-0.05, 0) is 102 Å². The van der Waals surface area contributed by atoms with Gasteiger partial charge >= 0.3 is 0 Å². The lowest BCUT2D eigenvalue weighted by molar-refractivity contribution is 1.28. The van der Waals surface area contributed by atoms with Crippen molar-refractivity contribution in [3.8, 4) is 44.5 Å². The van der Waals surface area contributed by atoms with E-state index in [1.165, 1.54) is 71.3 Å². The van der Waals surface area contributed by atoms with E-state index < -0.39 is 0 Å². The number of hydrogen-bond acceptors (Lipinski definition) is 1. The van der Waals surface area contributed by atoms with Gasteiger partial charge in [-0.15, -0.1) is 0 Å². The molecule has 0 fully saturated rings. The molecule has 1 nitrogen and oxygen atoms in total. The van der Waals surface area contributed by atoms with Crippen molar-refractivity contribution in [3.05, 3.63) is 224 Å². The molecule has 0 spiro atoms. The fraction of sp³-hybridized carbons (Fsp3) is 0. The van der Waals surface area contributed by atoms with Crippen LogP contribution in [0, 0.1) is 0 Å². The van der Waals surface area contributed by atoms with Crippen molar-refractivity contribution in [1.29, 1.82) is 0 Å². The van der Waals surface area contributed by atoms with Gasteiger partial charge in [0.15, 0.2) is 0 Å². The second kappa shape index (κ2) is 14.0. The normalized spacial score (nSPS) is 11.3. The first-order valence-corrected chi connectivity index (χ1v) is 18.9. The molecular formula is C54H37N. The topological polar surface area (TPSA) is 3.24 Å². The quantitative estimate of drug-likeness (QED) is 0.150. The number of benzene rings is 10. The third-order valence-electron chi connectivity index (χ3n) is 10.8. The van der Waals surface area contributed by atoms with Gasteiger partial charge in [0.1, 0.15) is 0 Å². The molecule has 0 saturated heterocycles. The van der Waals surface area contributed by atoms with Crippen molar-refractivity contribution in [2.75, 3.05) is 4.90 Å². The number of anilines is 3. The molecule has 0 radical (unpaired) electrons. The molecule has 0 bridgehead atoms. The smallest absolute Gasteiger partial charge is 0.0540 e. The second-order valence-electron chi connectivity index (χ2n) is 14.1. The Morgan fingerprint density at radius 3 is 1.62 bits per heavy atom. The van der Waals surface area contributed by atoms with Crippen LogP contribution >= 0.6 is 0 Å². The molecule has 0 aliphatic rings. The predicted octanol–water partition coefficient (Wildman–Crippen LogP) is 15.3. The SMILES string of the molecule is c1ccc(-c2ccc(N(c3cccc(-c4cccc5ccccc45)c3)c3ccccc3-c3cc4ccccc4c4ccccc34)c(-c3ccccc3)c2)cc1. The summed E-state index contributed by atoms with van der Waals surface area (Å²) in [5.74, 6) is 0. The molecule has 258 valence electrons. The van der Waals surface area contributed by atoms with Crippen LogP contribution < -0.4 is 4.90 Å². The third-order valence-corrected chi connectivity index (χ3v) is 10.8. The predicted molar refractivity (Wildman–Crippen MR) is 235 cm³/mol. The van der Waals surface area contributed by atoms with Gasteiger partial charge < -0.3 is 4.90 Å². The number of nitrogens with zero attached hydrogens (tertiary/aromatic N) is 1. The highest BCUT2D eigenvalue weighted by Gasteiger charge is 2.23. The largest absolute Gasteiger partial charge is 0.309 e. The molecule has 10 aromatic rings. The summed E-state index contributed by atoms with van der Waals surface area (Å²) in [6.07, 6.45) is 0. The van der Waals surface area contributed by atoms with E-state index in [9.17, 15) is 0 Å². The summed E-state index contributed by atoms with van der Waals surface area (Å²) in [6.45, 7) is 0. The van der Waals surface area contributed by atoms with Gasteiger partial charge in [-0.2, -0.15) is 0 Å². The molecule has 0 saturated carbocycles. The van der Waals surface area contributed by atoms with E-state index in [4.69, 9.17) is 0 Å². The Hall–Kier alpha value is -7.22. The summed E-state index contributed by atoms with van der Waals surface area (Å²) < 4.78 is 0. The first kappa shape index (κ1) is 32.4. The van der Waals surface area contributed by atoms with Crippen molar-refractivity contribution in [1.82, 2.24) is 0 Å². The van der Waals surface area contributed by atoms with E-state index in [1.807, 2.05) is 0 Å². The molecule has 10 rings (SSSR count). The molecule has 0 aromatic heterocycles. The summed E-state index contributed by atoms with van der Waals surface area (Å²) in [5, 5.41) is 7.47. The van der Waals surface area contributed by atoms with Gasteiger partial charge in [0.05, 0.1) is 11.4 Å². The molecule has 1 heteroatoms. The van der Waals surface area contributed by atoms with Crippen molar-refractivity contribution in [3.63, 3.8) is 0 Å². The van der Waals surface area contributed by atoms with Crippen LogP contribution in [0.25, 0.3) is 76.8 Å². The van der Waals surface area contributed by atoms with Crippen LogP contribution in [0.15, 0.2) is 224 Å². The van der Waals surface area contributed by atoms with Crippen molar-refractivity contribution < 1.29 is 0 Å². The molecule has 0 aliphatic heterocycles. The van der Waals surface area contributed by atoms with Gasteiger partial charge in [-0.1, -0.05) is 188 Å². The first-order chi connectivity index (χ1) is 27.3. The Kier molecular flexibility index (Phi) is 8.24. The fourth-order valence-electron chi connectivity index (χ4n) is 8.26. The Labute approximate surface area is 322 Å². The number of fused-ring (bicyclic) bond motifs is 4. The maximum Gasteiger partial charge on any atom is 0.0540 e. The van der Waals surface area contributed by atoms with Crippen molar-refractivity contribution in [2.45, 2.75) is 0 Å². The van der Waals surface area contributed by atoms with Crippen LogP contribution in [0.5, 0.6) is 0 Å². The van der Waals surface area contributed by atoms with Crippen LogP contribution in [0.1, 0.15) is 0 Å². The highest BCUT2D eigenvalue weighted by molar-refractivity contribution is 6.15. The minimum Gasteiger partial charge on any atom is -0.309 e. The van der Waals surface area contributed by atoms with Gasteiger partial charge in [-0.25, -0.2) is 0 Å². The Morgan fingerprint density at radius 1 is 0.236 bits per heavy atom. The van der Waals surface area contributed by atoms with E-state index in [2.05, 4.69) is 229 Å². The van der Waals surface area contributed by atoms with Crippen molar-refractivity contribution >= 4 is 49.4 Å². The maximum absolute atomic E-state index is 2.48. The highest BCUT2D eigenvalue weighted by atomic mass is 15.1. The van der Waals surface area contributed by atoms with E-state index >= 15 is 0 Å². The second-order valence-corrected chi connectivity index (χ2v) is 14.1. The van der Waals surface area contributed by atoms with E-state index in [1.54, 1.807) is 0 Å². The summed E-state index contributed by atoms with van der Waals surface area (Å²) in [6, 6.07) is 81.6. The monoisotopic (exact) mass is 699 g/mol. The minimum absolute atomic E-state index is 1.09. The lowest BCUT2D eigenvalue weighted by atomic mass is 9.91. The van der Waals surface area contributed by atoms with Gasteiger partial charge in [-0.3, -0.25) is 0 Å². The summed E-state index contributed by atoms with van der Waals surface area (Å²) in [7, 11) is 0. The molecule has 0 atom stereocenters. The average Bonchev–Trinajstić information content (AvgIpc) is 3.27. The molecule has 0 N–H and O–H groups in total. The summed E-state index contributed by atoms with van der Waals surface area (Å²) in [4.78, 5) is 2.48. The standard InChI is InChI=1S/C54H37N/c1-3-17-38(18-4-1)41-33-34-54(51(36-41)40-19-5-2-6-20-40)55(44-25-15-24-42(35-44)46-31-16-23-39-21-7-9-26-45(39)46)53-32-14-13-30-50(53)52-37-43-22-8-10-27-47(43)48-28-11-12-29-49(48)52/h1-37H. The highest BCUT2D eigenvalue weighted by Crippen LogP contribution is 2.48. The molecule has 55 heavy (non-hydrogen) atoms. The van der Waals surface area contributed by atoms with Gasteiger partial charge in [0.2, 0.25) is 0 Å². The lowest BCUT2D eigenvalue weighted by Gasteiger charge is -2.31. The van der Waals surface area contributed by atoms with E-state index in [0.29, 0.717) is 0 Å². The van der Waals surface area contributed by atoms with E-state index in [-0.39, 0.29) is 0 Å². The van der Waals surface area contributed by atoms with Crippen LogP contribution in [0.2, 0.25) is 0 Å². The summed E-state index contributed by atoms with van der Waals surface area (Å²) >= 11 is 0. The molecule has 0 heterocycles. The molecule has 0 aliphatic carbocycles. The van der Waals surface area contributed by atoms with Crippen LogP contribution in [-0.2, 0) is 0 Å². The minimum atomic E-state index is 1.09. The number of hydrogen-bond donors (Lipinski definition) is 0. The Morgan fingerprint density at radius 2 is 0.800 bits per heavy atom. The van der Waals surface area contributed by atoms with E-state index in [0.717, 1.165) is 22.6 Å². The fourth-order valence-corrected chi connectivity index (χ4v) is 8.26. The molecular weight excluding hydrogens is 663 g/mol. The van der Waals surface area contributed by atoms with Crippen molar-refractivity contribution in [2.24, 2.45) is 0 Å². The zero-order valence-corrected chi connectivity index (χ0v) is 30.3. The molecule has 0 unspecified atom stereocenters. The van der Waals surface area contributed by atoms with Gasteiger partial charge in [0, 0.05) is 16.8 Å². The summed E-state index contributed by atoms with van der Waals surface area (Å²) in [5.41, 5.74) is 12.8. The molecule has 10 aromatic carbocycles. The average molecular weight is 700 g/mol. The van der Waals surface area contributed by atoms with Crippen LogP contribution in [-0.4, -0.2) is 0 Å².